The fraction of sp³-hybridized carbons (Fsp3) is 0. The van der Waals surface area contributed by atoms with Crippen molar-refractivity contribution in [3.8, 4) is 0 Å². The molecular weight excluding hydrogens is 332 g/mol. The molecule has 0 fully saturated rings. The van der Waals surface area contributed by atoms with Crippen molar-refractivity contribution in [2.24, 2.45) is 0 Å². The molecule has 0 aliphatic carbocycles. The first-order valence-electron chi connectivity index (χ1n) is 1.20. The molecule has 1 N–H and O–H groups in total. The summed E-state index contributed by atoms with van der Waals surface area (Å²) in [6, 6.07) is 0. The summed E-state index contributed by atoms with van der Waals surface area (Å²) in [5, 5.41) is 0. The van der Waals surface area contributed by atoms with Crippen LogP contribution >= 0.6 is 12.2 Å². The van der Waals surface area contributed by atoms with Crippen molar-refractivity contribution in [2.75, 3.05) is 0 Å². The van der Waals surface area contributed by atoms with Crippen molar-refractivity contribution in [3.05, 3.63) is 0 Å². The summed E-state index contributed by atoms with van der Waals surface area (Å²) in [5.74, 6) is 0. The van der Waals surface area contributed by atoms with Crippen LogP contribution in [0, 0.1) is 0 Å². The maximum absolute atomic E-state index is 9.54. The summed E-state index contributed by atoms with van der Waals surface area (Å²) in [6.07, 6.45) is 0. The van der Waals surface area contributed by atoms with Gasteiger partial charge in [0.15, 0.2) is 0 Å². The minimum absolute atomic E-state index is 0. The van der Waals surface area contributed by atoms with Gasteiger partial charge in [-0.15, -0.1) is 0 Å². The summed E-state index contributed by atoms with van der Waals surface area (Å²) in [4.78, 5) is 0. The van der Waals surface area contributed by atoms with E-state index in [0.29, 0.717) is 0 Å². The smallest absolute Gasteiger partial charge is 0.0156 e. The van der Waals surface area contributed by atoms with E-state index in [9.17, 15) is 8.42 Å². The molecule has 0 aromatic heterocycles. The molecule has 0 unspecified atom stereocenters. The number of nitrogens with one attached hydrogen (secondary N) is 1. The SMILES string of the molecule is O=[S-](=O)NC(=S)[S-].[Y].[Y]. The van der Waals surface area contributed by atoms with Crippen LogP contribution in [0.2, 0.25) is 0 Å². The first kappa shape index (κ1) is 17.4. The van der Waals surface area contributed by atoms with Gasteiger partial charge in [-0.25, -0.2) is 0 Å². The zero-order valence-electron chi connectivity index (χ0n) is 4.20. The molecule has 0 heterocycles. The van der Waals surface area contributed by atoms with Gasteiger partial charge >= 0.3 is 0 Å². The average Bonchev–Trinajstić information content (AvgIpc) is 1.27. The van der Waals surface area contributed by atoms with Gasteiger partial charge in [-0.2, -0.15) is 0 Å². The molecule has 48 valence electrons. The van der Waals surface area contributed by atoms with Gasteiger partial charge in [0.1, 0.15) is 0 Å². The molecule has 0 aromatic carbocycles. The molecule has 8 heteroatoms. The van der Waals surface area contributed by atoms with E-state index < -0.39 is 10.9 Å². The Bertz CT molecular complexity index is 137. The van der Waals surface area contributed by atoms with Crippen molar-refractivity contribution in [2.45, 2.75) is 0 Å². The van der Waals surface area contributed by atoms with Crippen LogP contribution in [-0.2, 0) is 97.4 Å². The van der Waals surface area contributed by atoms with E-state index in [4.69, 9.17) is 0 Å². The molecule has 0 aliphatic heterocycles. The van der Waals surface area contributed by atoms with Gasteiger partial charge in [-0.1, -0.05) is 4.32 Å². The van der Waals surface area contributed by atoms with Crippen LogP contribution in [0.3, 0.4) is 0 Å². The van der Waals surface area contributed by atoms with Crippen LogP contribution < -0.4 is 4.72 Å². The molecule has 0 spiro atoms. The maximum Gasteiger partial charge on any atom is 0.0156 e. The Hall–Kier alpha value is 2.27. The Kier molecular flexibility index (Phi) is 19.8. The monoisotopic (exact) mass is 333 g/mol. The molecule has 0 atom stereocenters. The van der Waals surface area contributed by atoms with Crippen LogP contribution in [0.25, 0.3) is 0 Å². The van der Waals surface area contributed by atoms with Crippen LogP contribution in [0.1, 0.15) is 0 Å². The Balaban J connectivity index is -0.000000180. The first-order chi connectivity index (χ1) is 3.13. The second-order valence-corrected chi connectivity index (χ2v) is 2.37. The zero-order valence-corrected chi connectivity index (χ0v) is 12.3. The molecule has 0 bridgehead atoms. The molecule has 0 rings (SSSR count). The van der Waals surface area contributed by atoms with E-state index in [2.05, 4.69) is 24.8 Å². The first-order valence-corrected chi connectivity index (χ1v) is 3.09. The number of thiocarbonyl (C=S) groups is 1. The van der Waals surface area contributed by atoms with Crippen LogP contribution in [0.15, 0.2) is 0 Å². The van der Waals surface area contributed by atoms with Crippen molar-refractivity contribution >= 4 is 40.1 Å². The van der Waals surface area contributed by atoms with Crippen LogP contribution in [0.4, 0.5) is 0 Å². The summed E-state index contributed by atoms with van der Waals surface area (Å²) in [5.41, 5.74) is 0. The van der Waals surface area contributed by atoms with Gasteiger partial charge in [0.05, 0.1) is 0 Å². The quantitative estimate of drug-likeness (QED) is 0.525. The summed E-state index contributed by atoms with van der Waals surface area (Å²) < 4.78 is 20.7. The van der Waals surface area contributed by atoms with Crippen molar-refractivity contribution in [1.82, 2.24) is 4.72 Å². The minimum Gasteiger partial charge on any atom is -0.436 e. The third kappa shape index (κ3) is 17.9. The van der Waals surface area contributed by atoms with Crippen LogP contribution in [0.5, 0.6) is 0 Å². The van der Waals surface area contributed by atoms with Gasteiger partial charge in [-0.3, -0.25) is 0 Å². The second-order valence-electron chi connectivity index (χ2n) is 0.624. The van der Waals surface area contributed by atoms with Crippen molar-refractivity contribution in [1.29, 1.82) is 0 Å². The molecular formula is CHNO2S3Y2-2. The third-order valence-corrected chi connectivity index (χ3v) is 1.000. The number of rotatable bonds is 1. The fourth-order valence-electron chi connectivity index (χ4n) is 0.0680. The largest absolute Gasteiger partial charge is 0.436 e. The van der Waals surface area contributed by atoms with E-state index in [1.807, 2.05) is 0 Å². The summed E-state index contributed by atoms with van der Waals surface area (Å²) in [6.45, 7) is 0. The van der Waals surface area contributed by atoms with Gasteiger partial charge in [0.25, 0.3) is 0 Å². The topological polar surface area (TPSA) is 46.2 Å². The second kappa shape index (κ2) is 10.3. The van der Waals surface area contributed by atoms with E-state index in [-0.39, 0.29) is 69.7 Å². The van der Waals surface area contributed by atoms with Crippen molar-refractivity contribution < 1.29 is 73.8 Å². The van der Waals surface area contributed by atoms with Gasteiger partial charge in [0, 0.05) is 76.3 Å². The average molecular weight is 333 g/mol. The number of hydrogen-bond donors (Lipinski definition) is 1. The van der Waals surface area contributed by atoms with Gasteiger partial charge < -0.3 is 38.0 Å². The van der Waals surface area contributed by atoms with E-state index in [1.165, 1.54) is 0 Å². The molecule has 0 aliphatic rings. The number of hydrogen-bond acceptors (Lipinski definition) is 5. The maximum atomic E-state index is 9.54. The van der Waals surface area contributed by atoms with E-state index in [1.54, 1.807) is 4.72 Å². The molecule has 3 nitrogen and oxygen atoms in total. The third-order valence-electron chi connectivity index (χ3n) is 0.167. The zero-order chi connectivity index (χ0) is 5.86. The Morgan fingerprint density at radius 1 is 1.44 bits per heavy atom. The standard InChI is InChI=1S/CH2NO2S3.2Y/c3-7(4)2-1(5)6;;/h(H2,2,3,4,5,6);;/q-1;;/p-1. The Morgan fingerprint density at radius 2 is 1.78 bits per heavy atom. The Morgan fingerprint density at radius 3 is 1.78 bits per heavy atom. The van der Waals surface area contributed by atoms with Gasteiger partial charge in [-0.05, 0) is 0 Å². The van der Waals surface area contributed by atoms with E-state index in [0.717, 1.165) is 0 Å². The predicted octanol–water partition coefficient (Wildman–Crippen LogP) is -0.373. The molecule has 9 heavy (non-hydrogen) atoms. The predicted molar refractivity (Wildman–Crippen MR) is 31.8 cm³/mol. The molecule has 2 radical (unpaired) electrons. The molecule has 0 amide bonds. The molecule has 0 aromatic rings. The summed E-state index contributed by atoms with van der Waals surface area (Å²) in [7, 11) is -2.34. The fourth-order valence-corrected chi connectivity index (χ4v) is 0.612. The van der Waals surface area contributed by atoms with Gasteiger partial charge in [0.2, 0.25) is 0 Å². The molecule has 0 saturated heterocycles. The van der Waals surface area contributed by atoms with Crippen LogP contribution in [-0.4, -0.2) is 4.32 Å². The van der Waals surface area contributed by atoms with Crippen molar-refractivity contribution in [3.63, 3.8) is 0 Å². The minimum atomic E-state index is -2.34. The molecule has 0 saturated carbocycles. The summed E-state index contributed by atoms with van der Waals surface area (Å²) >= 11 is 8.36. The normalized spacial score (nSPS) is 6.78. The Labute approximate surface area is 116 Å². The van der Waals surface area contributed by atoms with E-state index >= 15 is 0 Å².